The van der Waals surface area contributed by atoms with Crippen LogP contribution in [0.3, 0.4) is 0 Å². The van der Waals surface area contributed by atoms with Crippen molar-refractivity contribution >= 4 is 11.6 Å². The zero-order chi connectivity index (χ0) is 20.1. The second-order valence-corrected chi connectivity index (χ2v) is 7.71. The molecule has 2 aromatic rings. The third kappa shape index (κ3) is 5.21. The van der Waals surface area contributed by atoms with Crippen LogP contribution in [0.15, 0.2) is 29.1 Å². The molecule has 8 heteroatoms. The number of hydrogen-bond acceptors (Lipinski definition) is 4. The first-order valence-electron chi connectivity index (χ1n) is 9.87. The summed E-state index contributed by atoms with van der Waals surface area (Å²) in [6.45, 7) is 5.58. The smallest absolute Gasteiger partial charge is 0.345 e. The highest BCUT2D eigenvalue weighted by molar-refractivity contribution is 5.80. The van der Waals surface area contributed by atoms with Crippen LogP contribution in [0.25, 0.3) is 0 Å². The molecule has 3 rings (SSSR count). The van der Waals surface area contributed by atoms with Crippen LogP contribution in [0.2, 0.25) is 0 Å². The fourth-order valence-corrected chi connectivity index (χ4v) is 3.33. The second-order valence-electron chi connectivity index (χ2n) is 7.71. The molecule has 2 N–H and O–H groups in total. The molecule has 1 amide bonds. The van der Waals surface area contributed by atoms with Gasteiger partial charge >= 0.3 is 5.69 Å². The lowest BCUT2D eigenvalue weighted by Crippen LogP contribution is -2.39. The summed E-state index contributed by atoms with van der Waals surface area (Å²) in [7, 11) is 0. The highest BCUT2D eigenvalue weighted by atomic mass is 19.1. The monoisotopic (exact) mass is 389 g/mol. The lowest BCUT2D eigenvalue weighted by atomic mass is 10.1. The summed E-state index contributed by atoms with van der Waals surface area (Å²) >= 11 is 0. The van der Waals surface area contributed by atoms with Crippen LogP contribution in [0.1, 0.15) is 38.9 Å². The van der Waals surface area contributed by atoms with Gasteiger partial charge in [-0.05, 0) is 49.4 Å². The van der Waals surface area contributed by atoms with Crippen molar-refractivity contribution in [2.75, 3.05) is 11.9 Å². The number of aryl methyl sites for hydroxylation is 2. The maximum absolute atomic E-state index is 12.9. The molecular weight excluding hydrogens is 361 g/mol. The van der Waals surface area contributed by atoms with Crippen molar-refractivity contribution in [3.63, 3.8) is 0 Å². The Kier molecular flexibility index (Phi) is 6.49. The highest BCUT2D eigenvalue weighted by Crippen LogP contribution is 2.13. The van der Waals surface area contributed by atoms with Crippen LogP contribution in [0.4, 0.5) is 10.1 Å². The standard InChI is InChI=1S/C20H28FN5O2/c1-14(2)9-12-26-20(28)25-11-10-17(7-8-18(25)24-26)23-19(27)13-22-16-5-3-15(21)4-6-16/h3-6,14,17,22H,7-13H2,1-2H3,(H,23,27). The fraction of sp³-hybridized carbons (Fsp3) is 0.550. The van der Waals surface area contributed by atoms with Gasteiger partial charge in [-0.15, -0.1) is 0 Å². The topological polar surface area (TPSA) is 81.0 Å². The molecular formula is C20H28FN5O2. The molecule has 152 valence electrons. The minimum atomic E-state index is -0.311. The molecule has 1 aliphatic rings. The van der Waals surface area contributed by atoms with Gasteiger partial charge in [-0.3, -0.25) is 9.36 Å². The van der Waals surface area contributed by atoms with Gasteiger partial charge in [0.2, 0.25) is 5.91 Å². The number of fused-ring (bicyclic) bond motifs is 1. The summed E-state index contributed by atoms with van der Waals surface area (Å²) in [6, 6.07) is 5.89. The average Bonchev–Trinajstić information content (AvgIpc) is 2.82. The van der Waals surface area contributed by atoms with Gasteiger partial charge in [-0.2, -0.15) is 5.10 Å². The Morgan fingerprint density at radius 3 is 2.75 bits per heavy atom. The number of benzene rings is 1. The average molecular weight is 389 g/mol. The van der Waals surface area contributed by atoms with E-state index in [0.29, 0.717) is 37.5 Å². The number of amides is 1. The first-order valence-corrected chi connectivity index (χ1v) is 9.87. The van der Waals surface area contributed by atoms with Crippen LogP contribution in [0, 0.1) is 11.7 Å². The number of nitrogens with zero attached hydrogens (tertiary/aromatic N) is 3. The van der Waals surface area contributed by atoms with Crippen molar-refractivity contribution in [2.24, 2.45) is 5.92 Å². The molecule has 0 fully saturated rings. The SMILES string of the molecule is CC(C)CCn1nc2n(c1=O)CCC(NC(=O)CNc1ccc(F)cc1)CC2. The summed E-state index contributed by atoms with van der Waals surface area (Å²) in [6.07, 6.45) is 3.05. The summed E-state index contributed by atoms with van der Waals surface area (Å²) < 4.78 is 16.2. The number of aromatic nitrogens is 3. The molecule has 0 bridgehead atoms. The zero-order valence-electron chi connectivity index (χ0n) is 16.4. The van der Waals surface area contributed by atoms with Gasteiger partial charge in [0.25, 0.3) is 0 Å². The molecule has 1 aromatic heterocycles. The number of hydrogen-bond donors (Lipinski definition) is 2. The van der Waals surface area contributed by atoms with E-state index in [9.17, 15) is 14.0 Å². The van der Waals surface area contributed by atoms with Gasteiger partial charge in [0.1, 0.15) is 11.6 Å². The maximum atomic E-state index is 12.9. The van der Waals surface area contributed by atoms with E-state index in [1.165, 1.54) is 12.1 Å². The molecule has 1 unspecified atom stereocenters. The molecule has 0 saturated carbocycles. The first kappa shape index (κ1) is 20.1. The highest BCUT2D eigenvalue weighted by Gasteiger charge is 2.22. The van der Waals surface area contributed by atoms with E-state index in [2.05, 4.69) is 29.6 Å². The minimum Gasteiger partial charge on any atom is -0.376 e. The molecule has 0 radical (unpaired) electrons. The van der Waals surface area contributed by atoms with Crippen LogP contribution in [0.5, 0.6) is 0 Å². The van der Waals surface area contributed by atoms with Gasteiger partial charge in [0.05, 0.1) is 6.54 Å². The fourth-order valence-electron chi connectivity index (χ4n) is 3.33. The Labute approximate surface area is 163 Å². The molecule has 0 saturated heterocycles. The van der Waals surface area contributed by atoms with Crippen molar-refractivity contribution < 1.29 is 9.18 Å². The van der Waals surface area contributed by atoms with Crippen LogP contribution < -0.4 is 16.3 Å². The minimum absolute atomic E-state index is 0.00716. The van der Waals surface area contributed by atoms with Gasteiger partial charge < -0.3 is 10.6 Å². The number of carbonyl (C=O) groups is 1. The maximum Gasteiger partial charge on any atom is 0.345 e. The van der Waals surface area contributed by atoms with E-state index < -0.39 is 0 Å². The molecule has 1 atom stereocenters. The zero-order valence-corrected chi connectivity index (χ0v) is 16.4. The summed E-state index contributed by atoms with van der Waals surface area (Å²) in [5.74, 6) is 0.893. The Bertz CT molecular complexity index is 856. The number of anilines is 1. The van der Waals surface area contributed by atoms with Gasteiger partial charge in [0, 0.05) is 31.2 Å². The van der Waals surface area contributed by atoms with E-state index in [1.807, 2.05) is 0 Å². The third-order valence-electron chi connectivity index (χ3n) is 5.00. The number of carbonyl (C=O) groups excluding carboxylic acids is 1. The van der Waals surface area contributed by atoms with E-state index in [1.54, 1.807) is 21.4 Å². The van der Waals surface area contributed by atoms with Crippen molar-refractivity contribution in [3.8, 4) is 0 Å². The van der Waals surface area contributed by atoms with Gasteiger partial charge in [0.15, 0.2) is 0 Å². The van der Waals surface area contributed by atoms with Gasteiger partial charge in [-0.1, -0.05) is 13.8 Å². The van der Waals surface area contributed by atoms with E-state index in [4.69, 9.17) is 0 Å². The summed E-state index contributed by atoms with van der Waals surface area (Å²) in [5, 5.41) is 10.5. The van der Waals surface area contributed by atoms with Crippen LogP contribution >= 0.6 is 0 Å². The second kappa shape index (κ2) is 9.03. The summed E-state index contributed by atoms with van der Waals surface area (Å²) in [4.78, 5) is 24.7. The number of rotatable bonds is 7. The number of halogens is 1. The van der Waals surface area contributed by atoms with Crippen LogP contribution in [-0.4, -0.2) is 32.8 Å². The molecule has 28 heavy (non-hydrogen) atoms. The first-order chi connectivity index (χ1) is 13.4. The predicted molar refractivity (Wildman–Crippen MR) is 106 cm³/mol. The molecule has 0 spiro atoms. The quantitative estimate of drug-likeness (QED) is 0.760. The number of nitrogens with one attached hydrogen (secondary N) is 2. The molecule has 7 nitrogen and oxygen atoms in total. The van der Waals surface area contributed by atoms with E-state index in [0.717, 1.165) is 18.7 Å². The van der Waals surface area contributed by atoms with Crippen LogP contribution in [-0.2, 0) is 24.3 Å². The summed E-state index contributed by atoms with van der Waals surface area (Å²) in [5.41, 5.74) is 0.639. The molecule has 1 aliphatic heterocycles. The Balaban J connectivity index is 1.50. The predicted octanol–water partition coefficient (Wildman–Crippen LogP) is 2.16. The molecule has 0 aliphatic carbocycles. The van der Waals surface area contributed by atoms with E-state index >= 15 is 0 Å². The van der Waals surface area contributed by atoms with Crippen molar-refractivity contribution in [3.05, 3.63) is 46.4 Å². The lowest BCUT2D eigenvalue weighted by molar-refractivity contribution is -0.120. The Morgan fingerprint density at radius 1 is 1.29 bits per heavy atom. The van der Waals surface area contributed by atoms with Crippen molar-refractivity contribution in [1.29, 1.82) is 0 Å². The Morgan fingerprint density at radius 2 is 2.04 bits per heavy atom. The normalized spacial score (nSPS) is 16.5. The molecule has 1 aromatic carbocycles. The molecule has 2 heterocycles. The third-order valence-corrected chi connectivity index (χ3v) is 5.00. The Hall–Kier alpha value is -2.64. The van der Waals surface area contributed by atoms with Crippen molar-refractivity contribution in [2.45, 2.75) is 58.7 Å². The van der Waals surface area contributed by atoms with Crippen molar-refractivity contribution in [1.82, 2.24) is 19.7 Å². The van der Waals surface area contributed by atoms with E-state index in [-0.39, 0.29) is 30.0 Å². The largest absolute Gasteiger partial charge is 0.376 e. The van der Waals surface area contributed by atoms with Gasteiger partial charge in [-0.25, -0.2) is 13.9 Å². The lowest BCUT2D eigenvalue weighted by Gasteiger charge is -2.16.